The Morgan fingerprint density at radius 3 is 2.23 bits per heavy atom. The number of rotatable bonds is 2. The molecular weight excluding hydrogens is 194 g/mol. The maximum atomic E-state index is 10.6. The lowest BCUT2D eigenvalue weighted by Gasteiger charge is -2.07. The lowest BCUT2D eigenvalue weighted by atomic mass is 10.3. The van der Waals surface area contributed by atoms with Gasteiger partial charge in [-0.05, 0) is 25.8 Å². The zero-order valence-electron chi connectivity index (χ0n) is 7.32. The van der Waals surface area contributed by atoms with Crippen LogP contribution < -0.4 is 5.32 Å². The summed E-state index contributed by atoms with van der Waals surface area (Å²) in [7, 11) is -3.12. The molecule has 0 aliphatic heterocycles. The van der Waals surface area contributed by atoms with Crippen LogP contribution in [0, 0.1) is 0 Å². The van der Waals surface area contributed by atoms with E-state index in [1.807, 2.05) is 6.92 Å². The van der Waals surface area contributed by atoms with E-state index in [1.165, 1.54) is 6.08 Å². The van der Waals surface area contributed by atoms with Crippen molar-refractivity contribution in [3.8, 4) is 0 Å². The summed E-state index contributed by atoms with van der Waals surface area (Å²) in [4.78, 5) is 10.6. The first kappa shape index (κ1) is 12.1. The molecule has 5 nitrogen and oxygen atoms in total. The third-order valence-corrected chi connectivity index (χ3v) is 1.61. The van der Waals surface area contributed by atoms with Gasteiger partial charge in [-0.1, -0.05) is 6.58 Å². The maximum Gasteiger partial charge on any atom is 0.254 e. The molecule has 0 aromatic rings. The molecular formula is C7H13NO4S. The number of hydrogen-bond donors (Lipinski definition) is 3. The van der Waals surface area contributed by atoms with Gasteiger partial charge in [0.1, 0.15) is 0 Å². The lowest BCUT2D eigenvalue weighted by Crippen LogP contribution is -2.32. The van der Waals surface area contributed by atoms with Crippen LogP contribution in [-0.2, 0) is 15.8 Å². The first-order valence-corrected chi connectivity index (χ1v) is 4.80. The molecule has 13 heavy (non-hydrogen) atoms. The Morgan fingerprint density at radius 2 is 2.00 bits per heavy atom. The Morgan fingerprint density at radius 1 is 1.62 bits per heavy atom. The second kappa shape index (κ2) is 4.98. The van der Waals surface area contributed by atoms with Crippen LogP contribution in [0.15, 0.2) is 12.7 Å². The minimum atomic E-state index is -3.12. The van der Waals surface area contributed by atoms with Gasteiger partial charge >= 0.3 is 0 Å². The third-order valence-electron chi connectivity index (χ3n) is 1.61. The highest BCUT2D eigenvalue weighted by Gasteiger charge is 2.37. The van der Waals surface area contributed by atoms with Crippen LogP contribution in [0.2, 0.25) is 0 Å². The van der Waals surface area contributed by atoms with Crippen LogP contribution in [0.3, 0.4) is 0 Å². The predicted octanol–water partition coefficient (Wildman–Crippen LogP) is -0.0881. The lowest BCUT2D eigenvalue weighted by molar-refractivity contribution is -0.117. The van der Waals surface area contributed by atoms with Crippen LogP contribution in [0.5, 0.6) is 0 Å². The highest BCUT2D eigenvalue weighted by atomic mass is 32.2. The number of thiol groups is 1. The van der Waals surface area contributed by atoms with Gasteiger partial charge in [0.2, 0.25) is 5.91 Å². The van der Waals surface area contributed by atoms with Crippen molar-refractivity contribution in [3.05, 3.63) is 12.7 Å². The molecule has 0 aromatic carbocycles. The Balaban J connectivity index is 0.000000310. The van der Waals surface area contributed by atoms with E-state index in [-0.39, 0.29) is 11.4 Å². The molecule has 1 fully saturated rings. The summed E-state index contributed by atoms with van der Waals surface area (Å²) in [6.45, 7) is 5.40. The average Bonchev–Trinajstić information content (AvgIpc) is 2.66. The zero-order chi connectivity index (χ0) is 10.5. The molecule has 1 saturated carbocycles. The second-order valence-electron chi connectivity index (χ2n) is 2.99. The molecule has 6 heteroatoms. The number of carbonyl (C=O) groups excluding carboxylic acids is 1. The minimum absolute atomic E-state index is 0.0602. The Bertz CT molecular complexity index is 260. The fourth-order valence-electron chi connectivity index (χ4n) is 0.661. The SMILES string of the molecule is C=CC(=O)NC1(C)CC1.O=[SH](=O)O. The van der Waals surface area contributed by atoms with Crippen molar-refractivity contribution in [1.82, 2.24) is 5.32 Å². The van der Waals surface area contributed by atoms with Crippen molar-refractivity contribution in [1.29, 1.82) is 0 Å². The molecule has 0 spiro atoms. The normalized spacial score (nSPS) is 16.8. The van der Waals surface area contributed by atoms with Gasteiger partial charge in [0.05, 0.1) is 0 Å². The third kappa shape index (κ3) is 7.48. The summed E-state index contributed by atoms with van der Waals surface area (Å²) in [5, 5.41) is 2.82. The molecule has 0 aromatic heterocycles. The smallest absolute Gasteiger partial charge is 0.254 e. The summed E-state index contributed by atoms with van der Waals surface area (Å²) in [5.41, 5.74) is 0.102. The Kier molecular flexibility index (Phi) is 4.64. The van der Waals surface area contributed by atoms with Gasteiger partial charge in [-0.3, -0.25) is 9.35 Å². The van der Waals surface area contributed by atoms with Crippen molar-refractivity contribution >= 4 is 16.9 Å². The first-order valence-electron chi connectivity index (χ1n) is 3.67. The Hall–Kier alpha value is -0.880. The molecule has 0 atom stereocenters. The molecule has 1 amide bonds. The monoisotopic (exact) mass is 207 g/mol. The molecule has 1 aliphatic rings. The van der Waals surface area contributed by atoms with Gasteiger partial charge in [0.25, 0.3) is 11.0 Å². The highest BCUT2D eigenvalue weighted by Crippen LogP contribution is 2.33. The highest BCUT2D eigenvalue weighted by molar-refractivity contribution is 7.66. The summed E-state index contributed by atoms with van der Waals surface area (Å²) < 4.78 is 24.2. The average molecular weight is 207 g/mol. The van der Waals surface area contributed by atoms with Crippen molar-refractivity contribution in [3.63, 3.8) is 0 Å². The maximum absolute atomic E-state index is 10.6. The van der Waals surface area contributed by atoms with Crippen molar-refractivity contribution in [2.75, 3.05) is 0 Å². The molecule has 1 aliphatic carbocycles. The molecule has 0 saturated heterocycles. The van der Waals surface area contributed by atoms with Crippen molar-refractivity contribution in [2.24, 2.45) is 0 Å². The topological polar surface area (TPSA) is 83.5 Å². The molecule has 0 bridgehead atoms. The summed E-state index contributed by atoms with van der Waals surface area (Å²) in [6.07, 6.45) is 3.52. The van der Waals surface area contributed by atoms with Crippen LogP contribution >= 0.6 is 0 Å². The molecule has 2 N–H and O–H groups in total. The quantitative estimate of drug-likeness (QED) is 0.336. The van der Waals surface area contributed by atoms with Gasteiger partial charge < -0.3 is 5.32 Å². The summed E-state index contributed by atoms with van der Waals surface area (Å²) in [6, 6.07) is 0. The van der Waals surface area contributed by atoms with Gasteiger partial charge in [-0.25, -0.2) is 8.42 Å². The summed E-state index contributed by atoms with van der Waals surface area (Å²) >= 11 is 0. The second-order valence-corrected chi connectivity index (χ2v) is 3.47. The fourth-order valence-corrected chi connectivity index (χ4v) is 0.661. The van der Waals surface area contributed by atoms with Gasteiger partial charge in [0.15, 0.2) is 0 Å². The molecule has 0 unspecified atom stereocenters. The number of carbonyl (C=O) groups is 1. The van der Waals surface area contributed by atoms with E-state index in [2.05, 4.69) is 11.9 Å². The van der Waals surface area contributed by atoms with Crippen LogP contribution in [0.4, 0.5) is 0 Å². The zero-order valence-corrected chi connectivity index (χ0v) is 8.21. The van der Waals surface area contributed by atoms with Crippen LogP contribution in [0.25, 0.3) is 0 Å². The molecule has 76 valence electrons. The largest absolute Gasteiger partial charge is 0.347 e. The van der Waals surface area contributed by atoms with Crippen molar-refractivity contribution in [2.45, 2.75) is 25.3 Å². The summed E-state index contributed by atoms with van der Waals surface area (Å²) in [5.74, 6) is -0.0602. The van der Waals surface area contributed by atoms with E-state index in [1.54, 1.807) is 0 Å². The molecule has 0 radical (unpaired) electrons. The van der Waals surface area contributed by atoms with E-state index in [0.717, 1.165) is 12.8 Å². The van der Waals surface area contributed by atoms with E-state index in [0.29, 0.717) is 0 Å². The Labute approximate surface area is 78.6 Å². The van der Waals surface area contributed by atoms with E-state index < -0.39 is 11.0 Å². The van der Waals surface area contributed by atoms with E-state index in [4.69, 9.17) is 13.0 Å². The first-order chi connectivity index (χ1) is 5.89. The van der Waals surface area contributed by atoms with Crippen LogP contribution in [0.1, 0.15) is 19.8 Å². The minimum Gasteiger partial charge on any atom is -0.347 e. The van der Waals surface area contributed by atoms with Crippen LogP contribution in [-0.4, -0.2) is 24.4 Å². The number of amides is 1. The molecule has 1 rings (SSSR count). The van der Waals surface area contributed by atoms with Gasteiger partial charge in [-0.15, -0.1) is 0 Å². The van der Waals surface area contributed by atoms with E-state index in [9.17, 15) is 4.79 Å². The van der Waals surface area contributed by atoms with E-state index >= 15 is 0 Å². The predicted molar refractivity (Wildman–Crippen MR) is 48.9 cm³/mol. The fraction of sp³-hybridized carbons (Fsp3) is 0.571. The van der Waals surface area contributed by atoms with Gasteiger partial charge in [-0.2, -0.15) is 0 Å². The standard InChI is InChI=1S/C7H11NO.H2O3S/c1-3-6(9)8-7(2)4-5-7;1-4(2)3/h3H,1,4-5H2,2H3,(H,8,9);4H,(H,1,2,3). The van der Waals surface area contributed by atoms with Crippen molar-refractivity contribution < 1.29 is 17.8 Å². The number of hydrogen-bond acceptors (Lipinski definition) is 3. The van der Waals surface area contributed by atoms with Gasteiger partial charge in [0, 0.05) is 5.54 Å². The number of nitrogens with one attached hydrogen (secondary N) is 1. The molecule has 0 heterocycles.